The van der Waals surface area contributed by atoms with E-state index < -0.39 is 60.5 Å². The minimum atomic E-state index is -4.91. The average molecular weight is 314 g/mol. The number of fused-ring (bicyclic) bond motifs is 1. The molecule has 0 amide bonds. The molecule has 10 nitrogen and oxygen atoms in total. The van der Waals surface area contributed by atoms with Gasteiger partial charge in [0.2, 0.25) is 12.7 Å². The van der Waals surface area contributed by atoms with Gasteiger partial charge in [-0.2, -0.15) is 0 Å². The molecule has 7 unspecified atom stereocenters. The zero-order valence-corrected chi connectivity index (χ0v) is 10.8. The Bertz CT molecular complexity index is 465. The fourth-order valence-electron chi connectivity index (χ4n) is 2.77. The summed E-state index contributed by atoms with van der Waals surface area (Å²) < 4.78 is 12.5. The van der Waals surface area contributed by atoms with Crippen LogP contribution >= 0.6 is 7.14 Å². The summed E-state index contributed by atoms with van der Waals surface area (Å²) in [4.78, 5) is 11.8. The minimum Gasteiger partial charge on any atom is -0.393 e. The average Bonchev–Trinajstić information content (AvgIpc) is 2.86. The number of rotatable bonds is 3. The number of hydrogen-bond acceptors (Lipinski definition) is 10. The lowest BCUT2D eigenvalue weighted by Crippen LogP contribution is -2.63. The van der Waals surface area contributed by atoms with E-state index in [0.717, 1.165) is 0 Å². The number of carbonyl (C=O) groups is 1. The Labute approximate surface area is 111 Å². The minimum absolute atomic E-state index is 1.16. The van der Waals surface area contributed by atoms with E-state index in [-0.39, 0.29) is 0 Å². The van der Waals surface area contributed by atoms with E-state index in [9.17, 15) is 45.1 Å². The maximum absolute atomic E-state index is 12.5. The molecule has 0 aromatic heterocycles. The van der Waals surface area contributed by atoms with Crippen molar-refractivity contribution >= 4 is 12.7 Å². The van der Waals surface area contributed by atoms with Crippen LogP contribution in [0.3, 0.4) is 0 Å². The van der Waals surface area contributed by atoms with Gasteiger partial charge >= 0.3 is 0 Å². The second-order valence-electron chi connectivity index (χ2n) is 4.97. The van der Waals surface area contributed by atoms with Gasteiger partial charge in [-0.05, 0) is 0 Å². The van der Waals surface area contributed by atoms with E-state index in [4.69, 9.17) is 5.11 Å². The SMILES string of the molecule is O=C(C(O)CO)P1(=O)C2(O)C(O)C(O)C(O)C(O)C21O. The number of aliphatic hydroxyl groups is 8. The molecule has 1 heterocycles. The summed E-state index contributed by atoms with van der Waals surface area (Å²) >= 11 is 0. The lowest BCUT2D eigenvalue weighted by molar-refractivity contribution is -0.223. The zero-order valence-electron chi connectivity index (χ0n) is 9.94. The molecule has 0 aromatic rings. The van der Waals surface area contributed by atoms with Crippen molar-refractivity contribution in [3.8, 4) is 0 Å². The predicted octanol–water partition coefficient (Wildman–Crippen LogP) is -4.92. The van der Waals surface area contributed by atoms with Gasteiger partial charge < -0.3 is 45.4 Å². The van der Waals surface area contributed by atoms with Gasteiger partial charge in [0.15, 0.2) is 10.7 Å². The summed E-state index contributed by atoms with van der Waals surface area (Å²) in [5, 5.41) is 69.9. The Morgan fingerprint density at radius 1 is 1.05 bits per heavy atom. The van der Waals surface area contributed by atoms with E-state index >= 15 is 0 Å². The standard InChI is InChI=1S/C9H15O10P/c10-1-2(11)7(16)20(19)8(17)5(14)3(12)4(13)6(15)9(8,20)18/h2-6,10-15,17-18H,1H2. The van der Waals surface area contributed by atoms with Crippen LogP contribution in [-0.4, -0.2) is 94.2 Å². The highest BCUT2D eigenvalue weighted by atomic mass is 31.2. The van der Waals surface area contributed by atoms with Crippen LogP contribution in [0.1, 0.15) is 0 Å². The highest BCUT2D eigenvalue weighted by Gasteiger charge is 2.97. The summed E-state index contributed by atoms with van der Waals surface area (Å²) in [6.45, 7) is -1.16. The highest BCUT2D eigenvalue weighted by Crippen LogP contribution is 2.91. The fraction of sp³-hybridized carbons (Fsp3) is 0.889. The molecular formula is C9H15O10P. The monoisotopic (exact) mass is 314 g/mol. The first-order valence-corrected chi connectivity index (χ1v) is 7.34. The van der Waals surface area contributed by atoms with Crippen LogP contribution in [0.25, 0.3) is 0 Å². The lowest BCUT2D eigenvalue weighted by atomic mass is 9.85. The first kappa shape index (κ1) is 16.0. The maximum atomic E-state index is 12.5. The van der Waals surface area contributed by atoms with Gasteiger partial charge in [0, 0.05) is 0 Å². The molecule has 2 fully saturated rings. The molecule has 0 bridgehead atoms. The molecule has 2 rings (SSSR count). The number of carbonyl (C=O) groups excluding carboxylic acids is 1. The van der Waals surface area contributed by atoms with Crippen LogP contribution in [0.2, 0.25) is 0 Å². The summed E-state index contributed by atoms with van der Waals surface area (Å²) in [5.74, 6) is 0. The summed E-state index contributed by atoms with van der Waals surface area (Å²) in [7, 11) is -4.91. The van der Waals surface area contributed by atoms with Crippen LogP contribution in [0.4, 0.5) is 0 Å². The Morgan fingerprint density at radius 3 is 1.70 bits per heavy atom. The third-order valence-electron chi connectivity index (χ3n) is 4.04. The quantitative estimate of drug-likeness (QED) is 0.234. The van der Waals surface area contributed by atoms with Crippen LogP contribution < -0.4 is 0 Å². The van der Waals surface area contributed by atoms with Crippen LogP contribution in [-0.2, 0) is 9.36 Å². The molecule has 1 aliphatic heterocycles. The van der Waals surface area contributed by atoms with Crippen molar-refractivity contribution in [3.63, 3.8) is 0 Å². The van der Waals surface area contributed by atoms with Gasteiger partial charge in [0.25, 0.3) is 0 Å². The first-order chi connectivity index (χ1) is 9.03. The van der Waals surface area contributed by atoms with E-state index in [2.05, 4.69) is 0 Å². The molecule has 1 saturated heterocycles. The molecule has 0 aromatic carbocycles. The smallest absolute Gasteiger partial charge is 0.228 e. The highest BCUT2D eigenvalue weighted by molar-refractivity contribution is 7.90. The molecular weight excluding hydrogens is 299 g/mol. The zero-order chi connectivity index (χ0) is 15.7. The van der Waals surface area contributed by atoms with Crippen LogP contribution in [0.5, 0.6) is 0 Å². The molecule has 1 saturated carbocycles. The van der Waals surface area contributed by atoms with Crippen LogP contribution in [0.15, 0.2) is 0 Å². The largest absolute Gasteiger partial charge is 0.393 e. The Hall–Kier alpha value is -0.420. The molecule has 8 N–H and O–H groups in total. The molecule has 0 radical (unpaired) electrons. The number of hydrogen-bond donors (Lipinski definition) is 8. The number of aliphatic hydroxyl groups excluding tert-OH is 6. The molecule has 1 aliphatic carbocycles. The van der Waals surface area contributed by atoms with Crippen molar-refractivity contribution in [2.24, 2.45) is 0 Å². The van der Waals surface area contributed by atoms with Gasteiger partial charge in [-0.1, -0.05) is 0 Å². The maximum Gasteiger partial charge on any atom is 0.228 e. The van der Waals surface area contributed by atoms with Gasteiger partial charge in [-0.3, -0.25) is 4.79 Å². The summed E-state index contributed by atoms with van der Waals surface area (Å²) in [6.07, 6.45) is -11.3. The molecule has 2 aliphatic rings. The molecule has 7 atom stereocenters. The summed E-state index contributed by atoms with van der Waals surface area (Å²) in [6, 6.07) is 0. The molecule has 20 heavy (non-hydrogen) atoms. The third-order valence-corrected chi connectivity index (χ3v) is 7.87. The van der Waals surface area contributed by atoms with E-state index in [0.29, 0.717) is 0 Å². The van der Waals surface area contributed by atoms with Crippen molar-refractivity contribution in [2.45, 2.75) is 41.2 Å². The van der Waals surface area contributed by atoms with Crippen molar-refractivity contribution in [1.82, 2.24) is 0 Å². The molecule has 0 spiro atoms. The molecule has 116 valence electrons. The lowest BCUT2D eigenvalue weighted by Gasteiger charge is -2.36. The Balaban J connectivity index is 2.54. The predicted molar refractivity (Wildman–Crippen MR) is 59.6 cm³/mol. The van der Waals surface area contributed by atoms with Gasteiger partial charge in [0.05, 0.1) is 6.61 Å². The normalized spacial score (nSPS) is 56.0. The van der Waals surface area contributed by atoms with Crippen molar-refractivity contribution in [3.05, 3.63) is 0 Å². The topological polar surface area (TPSA) is 196 Å². The molecule has 11 heteroatoms. The first-order valence-electron chi connectivity index (χ1n) is 5.64. The third kappa shape index (κ3) is 1.32. The Morgan fingerprint density at radius 2 is 1.40 bits per heavy atom. The van der Waals surface area contributed by atoms with Gasteiger partial charge in [-0.25, -0.2) is 0 Å². The second kappa shape index (κ2) is 4.29. The van der Waals surface area contributed by atoms with Crippen molar-refractivity contribution < 1.29 is 50.2 Å². The van der Waals surface area contributed by atoms with Gasteiger partial charge in [-0.15, -0.1) is 0 Å². The van der Waals surface area contributed by atoms with E-state index in [1.807, 2.05) is 0 Å². The second-order valence-corrected chi connectivity index (χ2v) is 7.99. The fourth-order valence-corrected chi connectivity index (χ4v) is 6.50. The van der Waals surface area contributed by atoms with E-state index in [1.165, 1.54) is 0 Å². The van der Waals surface area contributed by atoms with Crippen LogP contribution in [0, 0.1) is 0 Å². The van der Waals surface area contributed by atoms with Gasteiger partial charge in [0.1, 0.15) is 30.5 Å². The van der Waals surface area contributed by atoms with Crippen molar-refractivity contribution in [1.29, 1.82) is 0 Å². The van der Waals surface area contributed by atoms with E-state index in [1.54, 1.807) is 0 Å². The van der Waals surface area contributed by atoms with Crippen molar-refractivity contribution in [2.75, 3.05) is 6.61 Å². The summed E-state index contributed by atoms with van der Waals surface area (Å²) in [5.41, 5.74) is -1.66. The Kier molecular flexibility index (Phi) is 3.42.